The van der Waals surface area contributed by atoms with E-state index < -0.39 is 0 Å². The number of rotatable bonds is 5. The predicted molar refractivity (Wildman–Crippen MR) is 77.6 cm³/mol. The molecule has 1 aliphatic rings. The van der Waals surface area contributed by atoms with Crippen molar-refractivity contribution in [2.45, 2.75) is 25.8 Å². The molecule has 0 aliphatic carbocycles. The number of halogens is 1. The minimum Gasteiger partial charge on any atom is -0.492 e. The second-order valence-electron chi connectivity index (χ2n) is 4.73. The standard InChI is InChI=1S/C14H22N2O.ClH/c1-12-4-2-6-14(10-12)17-9-8-16-7-3-5-13(16)11-15;/h2,4,6,10,13H,3,5,7-9,11,15H2,1H3;1H. The van der Waals surface area contributed by atoms with Crippen molar-refractivity contribution in [3.05, 3.63) is 29.8 Å². The lowest BCUT2D eigenvalue weighted by molar-refractivity contribution is 0.199. The fourth-order valence-electron chi connectivity index (χ4n) is 2.44. The van der Waals surface area contributed by atoms with Crippen molar-refractivity contribution in [1.29, 1.82) is 0 Å². The molecule has 1 aliphatic heterocycles. The Bertz CT molecular complexity index is 359. The fourth-order valence-corrected chi connectivity index (χ4v) is 2.44. The molecule has 1 atom stereocenters. The molecule has 2 rings (SSSR count). The summed E-state index contributed by atoms with van der Waals surface area (Å²) >= 11 is 0. The van der Waals surface area contributed by atoms with Gasteiger partial charge in [0, 0.05) is 19.1 Å². The molecule has 0 aromatic heterocycles. The highest BCUT2D eigenvalue weighted by atomic mass is 35.5. The maximum absolute atomic E-state index is 5.76. The molecule has 0 amide bonds. The van der Waals surface area contributed by atoms with Crippen molar-refractivity contribution < 1.29 is 4.74 Å². The van der Waals surface area contributed by atoms with Crippen molar-refractivity contribution >= 4 is 12.4 Å². The Kier molecular flexibility index (Phi) is 6.47. The Balaban J connectivity index is 0.00000162. The van der Waals surface area contributed by atoms with Crippen molar-refractivity contribution in [1.82, 2.24) is 4.90 Å². The molecule has 1 unspecified atom stereocenters. The number of aryl methyl sites for hydroxylation is 1. The first-order valence-electron chi connectivity index (χ1n) is 6.43. The number of nitrogens with zero attached hydrogens (tertiary/aromatic N) is 1. The number of benzene rings is 1. The summed E-state index contributed by atoms with van der Waals surface area (Å²) in [7, 11) is 0. The highest BCUT2D eigenvalue weighted by Gasteiger charge is 2.22. The van der Waals surface area contributed by atoms with Crippen LogP contribution in [0.5, 0.6) is 5.75 Å². The molecule has 0 spiro atoms. The zero-order valence-corrected chi connectivity index (χ0v) is 11.8. The number of likely N-dealkylation sites (tertiary alicyclic amines) is 1. The lowest BCUT2D eigenvalue weighted by Crippen LogP contribution is -2.37. The Morgan fingerprint density at radius 1 is 1.44 bits per heavy atom. The van der Waals surface area contributed by atoms with E-state index in [0.29, 0.717) is 6.04 Å². The molecule has 1 heterocycles. The van der Waals surface area contributed by atoms with E-state index in [4.69, 9.17) is 10.5 Å². The quantitative estimate of drug-likeness (QED) is 0.892. The monoisotopic (exact) mass is 270 g/mol. The third-order valence-corrected chi connectivity index (χ3v) is 3.41. The number of hydrogen-bond acceptors (Lipinski definition) is 3. The van der Waals surface area contributed by atoms with Gasteiger partial charge in [-0.1, -0.05) is 12.1 Å². The number of nitrogens with two attached hydrogens (primary N) is 1. The van der Waals surface area contributed by atoms with Crippen LogP contribution in [0.25, 0.3) is 0 Å². The van der Waals surface area contributed by atoms with Crippen molar-refractivity contribution in [2.75, 3.05) is 26.2 Å². The first-order chi connectivity index (χ1) is 8.29. The summed E-state index contributed by atoms with van der Waals surface area (Å²) in [6.07, 6.45) is 2.51. The minimum absolute atomic E-state index is 0. The molecule has 1 saturated heterocycles. The molecule has 1 fully saturated rings. The van der Waals surface area contributed by atoms with Crippen LogP contribution in [0.15, 0.2) is 24.3 Å². The van der Waals surface area contributed by atoms with Crippen LogP contribution in [0, 0.1) is 6.92 Å². The molecular weight excluding hydrogens is 248 g/mol. The summed E-state index contributed by atoms with van der Waals surface area (Å²) < 4.78 is 5.76. The normalized spacial score (nSPS) is 19.6. The average molecular weight is 271 g/mol. The zero-order chi connectivity index (χ0) is 12.1. The predicted octanol–water partition coefficient (Wildman–Crippen LogP) is 2.22. The summed E-state index contributed by atoms with van der Waals surface area (Å²) in [5, 5.41) is 0. The molecular formula is C14H23ClN2O. The van der Waals surface area contributed by atoms with Crippen LogP contribution < -0.4 is 10.5 Å². The third kappa shape index (κ3) is 4.16. The van der Waals surface area contributed by atoms with E-state index in [1.54, 1.807) is 0 Å². The lowest BCUT2D eigenvalue weighted by atomic mass is 10.2. The SMILES string of the molecule is Cc1cccc(OCCN2CCCC2CN)c1.Cl. The molecule has 1 aromatic rings. The van der Waals surface area contributed by atoms with Crippen LogP contribution in [0.3, 0.4) is 0 Å². The van der Waals surface area contributed by atoms with E-state index in [9.17, 15) is 0 Å². The van der Waals surface area contributed by atoms with Gasteiger partial charge in [0.1, 0.15) is 12.4 Å². The Morgan fingerprint density at radius 2 is 2.28 bits per heavy atom. The zero-order valence-electron chi connectivity index (χ0n) is 11.0. The van der Waals surface area contributed by atoms with Crippen LogP contribution in [0.4, 0.5) is 0 Å². The van der Waals surface area contributed by atoms with Crippen LogP contribution in [-0.4, -0.2) is 37.2 Å². The molecule has 4 heteroatoms. The minimum atomic E-state index is 0. The van der Waals surface area contributed by atoms with E-state index in [2.05, 4.69) is 24.0 Å². The van der Waals surface area contributed by atoms with Gasteiger partial charge in [0.25, 0.3) is 0 Å². The molecule has 1 aromatic carbocycles. The summed E-state index contributed by atoms with van der Waals surface area (Å²) in [6, 6.07) is 8.76. The molecule has 0 radical (unpaired) electrons. The van der Waals surface area contributed by atoms with Crippen LogP contribution in [-0.2, 0) is 0 Å². The lowest BCUT2D eigenvalue weighted by Gasteiger charge is -2.22. The van der Waals surface area contributed by atoms with Crippen LogP contribution in [0.2, 0.25) is 0 Å². The van der Waals surface area contributed by atoms with Crippen LogP contribution in [0.1, 0.15) is 18.4 Å². The van der Waals surface area contributed by atoms with Gasteiger partial charge in [-0.3, -0.25) is 4.90 Å². The summed E-state index contributed by atoms with van der Waals surface area (Å²) in [5.74, 6) is 0.966. The van der Waals surface area contributed by atoms with Crippen molar-refractivity contribution in [2.24, 2.45) is 5.73 Å². The van der Waals surface area contributed by atoms with E-state index in [1.165, 1.54) is 24.9 Å². The van der Waals surface area contributed by atoms with Gasteiger partial charge in [0.2, 0.25) is 0 Å². The molecule has 3 nitrogen and oxygen atoms in total. The molecule has 0 bridgehead atoms. The highest BCUT2D eigenvalue weighted by Crippen LogP contribution is 2.16. The van der Waals surface area contributed by atoms with Gasteiger partial charge in [-0.25, -0.2) is 0 Å². The van der Waals surface area contributed by atoms with Crippen LogP contribution >= 0.6 is 12.4 Å². The summed E-state index contributed by atoms with van der Waals surface area (Å²) in [6.45, 7) is 5.75. The van der Waals surface area contributed by atoms with Gasteiger partial charge in [-0.15, -0.1) is 12.4 Å². The molecule has 18 heavy (non-hydrogen) atoms. The molecule has 102 valence electrons. The molecule has 2 N–H and O–H groups in total. The second kappa shape index (κ2) is 7.62. The third-order valence-electron chi connectivity index (χ3n) is 3.41. The second-order valence-corrected chi connectivity index (χ2v) is 4.73. The number of ether oxygens (including phenoxy) is 1. The van der Waals surface area contributed by atoms with Gasteiger partial charge in [-0.05, 0) is 44.0 Å². The highest BCUT2D eigenvalue weighted by molar-refractivity contribution is 5.85. The maximum Gasteiger partial charge on any atom is 0.119 e. The first kappa shape index (κ1) is 15.3. The Labute approximate surface area is 116 Å². The Hall–Kier alpha value is -0.770. The molecule has 0 saturated carbocycles. The smallest absolute Gasteiger partial charge is 0.119 e. The summed E-state index contributed by atoms with van der Waals surface area (Å²) in [4.78, 5) is 2.44. The van der Waals surface area contributed by atoms with E-state index in [1.807, 2.05) is 12.1 Å². The summed E-state index contributed by atoms with van der Waals surface area (Å²) in [5.41, 5.74) is 6.98. The largest absolute Gasteiger partial charge is 0.492 e. The number of hydrogen-bond donors (Lipinski definition) is 1. The van der Waals surface area contributed by atoms with E-state index >= 15 is 0 Å². The van der Waals surface area contributed by atoms with Crippen molar-refractivity contribution in [3.8, 4) is 5.75 Å². The maximum atomic E-state index is 5.76. The van der Waals surface area contributed by atoms with Crippen molar-refractivity contribution in [3.63, 3.8) is 0 Å². The van der Waals surface area contributed by atoms with Gasteiger partial charge < -0.3 is 10.5 Å². The first-order valence-corrected chi connectivity index (χ1v) is 6.43. The van der Waals surface area contributed by atoms with E-state index in [-0.39, 0.29) is 12.4 Å². The van der Waals surface area contributed by atoms with Gasteiger partial charge in [0.05, 0.1) is 0 Å². The van der Waals surface area contributed by atoms with Gasteiger partial charge in [-0.2, -0.15) is 0 Å². The van der Waals surface area contributed by atoms with E-state index in [0.717, 1.165) is 25.4 Å². The average Bonchev–Trinajstić information content (AvgIpc) is 2.77. The van der Waals surface area contributed by atoms with Gasteiger partial charge >= 0.3 is 0 Å². The van der Waals surface area contributed by atoms with Gasteiger partial charge in [0.15, 0.2) is 0 Å². The topological polar surface area (TPSA) is 38.5 Å². The fraction of sp³-hybridized carbons (Fsp3) is 0.571. The Morgan fingerprint density at radius 3 is 3.00 bits per heavy atom.